The number of aliphatic hydroxyl groups is 3. The van der Waals surface area contributed by atoms with Crippen molar-refractivity contribution >= 4 is 29.8 Å². The molecule has 4 heterocycles. The van der Waals surface area contributed by atoms with Crippen molar-refractivity contribution in [3.05, 3.63) is 72.4 Å². The van der Waals surface area contributed by atoms with Gasteiger partial charge in [0.15, 0.2) is 11.9 Å². The Bertz CT molecular complexity index is 1860. The van der Waals surface area contributed by atoms with Gasteiger partial charge in [0.2, 0.25) is 5.79 Å². The van der Waals surface area contributed by atoms with Crippen LogP contribution in [0.5, 0.6) is 0 Å². The van der Waals surface area contributed by atoms with Crippen LogP contribution in [0, 0.1) is 10.8 Å². The monoisotopic (exact) mass is 914 g/mol. The molecular weight excluding hydrogens is 845 g/mol. The molecule has 0 amide bonds. The molecule has 5 unspecified atom stereocenters. The highest BCUT2D eigenvalue weighted by Crippen LogP contribution is 2.50. The van der Waals surface area contributed by atoms with Gasteiger partial charge in [-0.1, -0.05) is 89.6 Å². The molecule has 0 radical (unpaired) electrons. The third-order valence-corrected chi connectivity index (χ3v) is 12.5. The van der Waals surface area contributed by atoms with Crippen LogP contribution < -0.4 is 0 Å². The summed E-state index contributed by atoms with van der Waals surface area (Å²) >= 11 is 0. The number of esters is 5. The summed E-state index contributed by atoms with van der Waals surface area (Å²) in [6.45, 7) is 15.1. The molecule has 3 N–H and O–H groups in total. The summed E-state index contributed by atoms with van der Waals surface area (Å²) in [6.07, 6.45) is 7.87. The summed E-state index contributed by atoms with van der Waals surface area (Å²) < 4.78 is 47.4. The quantitative estimate of drug-likeness (QED) is 0.0726. The number of carbonyl (C=O) groups excluding carboxylic acids is 5. The topological polar surface area (TPSA) is 220 Å². The Hall–Kier alpha value is -4.45. The van der Waals surface area contributed by atoms with Crippen molar-refractivity contribution in [1.29, 1.82) is 0 Å². The molecule has 0 aromatic rings. The smallest absolute Gasteiger partial charge is 0.331 e. The lowest BCUT2D eigenvalue weighted by Gasteiger charge is -2.53. The van der Waals surface area contributed by atoms with Crippen LogP contribution in [0.4, 0.5) is 0 Å². The maximum Gasteiger partial charge on any atom is 0.331 e. The largest absolute Gasteiger partial charge is 0.466 e. The predicted molar refractivity (Wildman–Crippen MR) is 236 cm³/mol. The van der Waals surface area contributed by atoms with Crippen LogP contribution in [-0.4, -0.2) is 119 Å². The minimum absolute atomic E-state index is 0.0144. The van der Waals surface area contributed by atoms with E-state index in [0.29, 0.717) is 5.57 Å². The van der Waals surface area contributed by atoms with Gasteiger partial charge in [-0.3, -0.25) is 9.59 Å². The summed E-state index contributed by atoms with van der Waals surface area (Å²) in [7, 11) is 1.18. The van der Waals surface area contributed by atoms with Crippen LogP contribution in [0.15, 0.2) is 72.4 Å². The van der Waals surface area contributed by atoms with E-state index in [4.69, 9.17) is 37.9 Å². The molecular formula is C49H70O16. The Morgan fingerprint density at radius 3 is 2.35 bits per heavy atom. The van der Waals surface area contributed by atoms with Crippen molar-refractivity contribution < 1.29 is 77.2 Å². The zero-order chi connectivity index (χ0) is 48.2. The molecule has 65 heavy (non-hydrogen) atoms. The van der Waals surface area contributed by atoms with Crippen LogP contribution >= 0.6 is 0 Å². The lowest BCUT2D eigenvalue weighted by atomic mass is 9.70. The zero-order valence-electron chi connectivity index (χ0n) is 39.2. The fourth-order valence-corrected chi connectivity index (χ4v) is 8.63. The third-order valence-electron chi connectivity index (χ3n) is 12.5. The number of hydrogen-bond acceptors (Lipinski definition) is 16. The molecule has 16 nitrogen and oxygen atoms in total. The average molecular weight is 915 g/mol. The van der Waals surface area contributed by atoms with E-state index in [1.807, 2.05) is 13.0 Å². The number of ether oxygens (including phenoxy) is 8. The van der Waals surface area contributed by atoms with Gasteiger partial charge in [0.05, 0.1) is 43.0 Å². The third kappa shape index (κ3) is 14.3. The number of allylic oxidation sites excluding steroid dienone is 3. The molecule has 3 saturated heterocycles. The second-order valence-corrected chi connectivity index (χ2v) is 18.5. The number of methoxy groups -OCH3 is 1. The van der Waals surface area contributed by atoms with Crippen LogP contribution in [0.3, 0.4) is 0 Å². The summed E-state index contributed by atoms with van der Waals surface area (Å²) in [5, 5.41) is 36.4. The van der Waals surface area contributed by atoms with E-state index in [1.54, 1.807) is 45.9 Å². The van der Waals surface area contributed by atoms with Crippen molar-refractivity contribution in [3.63, 3.8) is 0 Å². The highest BCUT2D eigenvalue weighted by atomic mass is 16.7. The van der Waals surface area contributed by atoms with Crippen molar-refractivity contribution in [2.45, 2.75) is 180 Å². The molecule has 0 aliphatic carbocycles. The van der Waals surface area contributed by atoms with Gasteiger partial charge >= 0.3 is 29.8 Å². The number of unbranched alkanes of at least 4 members (excludes halogenated alkanes) is 1. The number of fused-ring (bicyclic) bond motifs is 6. The van der Waals surface area contributed by atoms with E-state index >= 15 is 0 Å². The van der Waals surface area contributed by atoms with E-state index in [2.05, 4.69) is 6.58 Å². The highest BCUT2D eigenvalue weighted by Gasteiger charge is 2.59. The molecule has 0 saturated carbocycles. The van der Waals surface area contributed by atoms with Gasteiger partial charge < -0.3 is 53.2 Å². The normalized spacial score (nSPS) is 34.2. The molecule has 16 heteroatoms. The molecule has 362 valence electrons. The fraction of sp³-hybridized carbons (Fsp3) is 0.653. The summed E-state index contributed by atoms with van der Waals surface area (Å²) in [6, 6.07) is 0. The molecule has 4 aliphatic rings. The minimum atomic E-state index is -2.43. The first kappa shape index (κ1) is 53.2. The first-order chi connectivity index (χ1) is 30.6. The van der Waals surface area contributed by atoms with Gasteiger partial charge in [0.1, 0.15) is 18.8 Å². The Morgan fingerprint density at radius 2 is 1.69 bits per heavy atom. The fourth-order valence-electron chi connectivity index (χ4n) is 8.63. The van der Waals surface area contributed by atoms with Crippen LogP contribution in [0.2, 0.25) is 0 Å². The maximum atomic E-state index is 13.4. The molecule has 4 rings (SSSR count). The first-order valence-corrected chi connectivity index (χ1v) is 22.6. The molecule has 3 fully saturated rings. The van der Waals surface area contributed by atoms with E-state index in [9.17, 15) is 39.3 Å². The zero-order valence-corrected chi connectivity index (χ0v) is 39.2. The SMILES string of the molecule is C=CCOC(=O)/C=C1/C[C@H]2C[C@]3(O)OC(CCCC(=O)OC([C@@H](C)O)CC4C/C(=C\C(=O)OC)[C@H](OC(=O)/C=C/C=C/CCC)C(O)(O4)C(C)(C)/C=C/[C@@H](C1)O2)CC(OC(C)=O)C3(C)C. The van der Waals surface area contributed by atoms with Gasteiger partial charge in [-0.25, -0.2) is 14.4 Å². The maximum absolute atomic E-state index is 13.4. The summed E-state index contributed by atoms with van der Waals surface area (Å²) in [5.74, 6) is -7.81. The Balaban J connectivity index is 1.88. The first-order valence-electron chi connectivity index (χ1n) is 22.6. The number of rotatable bonds is 11. The molecule has 0 spiro atoms. The lowest BCUT2D eigenvalue weighted by Crippen LogP contribution is -2.62. The van der Waals surface area contributed by atoms with Gasteiger partial charge in [0.25, 0.3) is 0 Å². The van der Waals surface area contributed by atoms with Crippen molar-refractivity contribution in [1.82, 2.24) is 0 Å². The van der Waals surface area contributed by atoms with Crippen LogP contribution in [-0.2, 0) is 61.9 Å². The molecule has 6 bridgehead atoms. The van der Waals surface area contributed by atoms with E-state index in [0.717, 1.165) is 18.9 Å². The number of carbonyl (C=O) groups is 5. The number of cyclic esters (lactones) is 1. The van der Waals surface area contributed by atoms with Crippen molar-refractivity contribution in [2.24, 2.45) is 10.8 Å². The second-order valence-electron chi connectivity index (χ2n) is 18.5. The number of aliphatic hydroxyl groups excluding tert-OH is 1. The standard InChI is InChI=1S/C49H70O16/c1-10-12-13-14-15-18-42(53)63-45-34(27-43(54)58-9)26-37-28-39(31(3)50)62-41(52)19-16-17-36-29-40(60-32(4)51)47(7,8)48(56,64-36)30-38-24-33(25-44(55)59-22-11-2)23-35(61-38)20-21-46(5,6)49(45,57)65-37/h11,13-15,18,20-21,25,27,31,35-40,45,50,56-57H,2,10,12,16-17,19,22-24,26,28-30H2,1,3-9H3/b14-13+,18-15+,21-20+,33-25+,34-27+/t31-,35+,36?,37?,38+,39?,40?,45+,48+,49?/m1/s1. The average Bonchev–Trinajstić information content (AvgIpc) is 3.21. The van der Waals surface area contributed by atoms with Gasteiger partial charge in [-0.15, -0.1) is 0 Å². The van der Waals surface area contributed by atoms with Crippen molar-refractivity contribution in [2.75, 3.05) is 13.7 Å². The van der Waals surface area contributed by atoms with Crippen LogP contribution in [0.1, 0.15) is 119 Å². The Kier molecular flexibility index (Phi) is 19.1. The highest BCUT2D eigenvalue weighted by molar-refractivity contribution is 5.85. The molecule has 0 aromatic carbocycles. The molecule has 0 aromatic heterocycles. The van der Waals surface area contributed by atoms with E-state index < -0.39 is 101 Å². The predicted octanol–water partition coefficient (Wildman–Crippen LogP) is 5.87. The van der Waals surface area contributed by atoms with Gasteiger partial charge in [-0.2, -0.15) is 0 Å². The van der Waals surface area contributed by atoms with Crippen LogP contribution in [0.25, 0.3) is 0 Å². The second kappa shape index (κ2) is 23.3. The van der Waals surface area contributed by atoms with Gasteiger partial charge in [-0.05, 0) is 51.0 Å². The summed E-state index contributed by atoms with van der Waals surface area (Å²) in [4.78, 5) is 65.1. The van der Waals surface area contributed by atoms with E-state index in [-0.39, 0.29) is 70.0 Å². The molecule has 10 atom stereocenters. The number of hydrogen-bond donors (Lipinski definition) is 3. The van der Waals surface area contributed by atoms with Gasteiger partial charge in [0, 0.05) is 56.3 Å². The Morgan fingerprint density at radius 1 is 0.954 bits per heavy atom. The van der Waals surface area contributed by atoms with E-state index in [1.165, 1.54) is 45.3 Å². The lowest BCUT2D eigenvalue weighted by molar-refractivity contribution is -0.347. The molecule has 4 aliphatic heterocycles. The van der Waals surface area contributed by atoms with Crippen molar-refractivity contribution in [3.8, 4) is 0 Å². The minimum Gasteiger partial charge on any atom is -0.466 e. The Labute approximate surface area is 382 Å². The summed E-state index contributed by atoms with van der Waals surface area (Å²) in [5.41, 5.74) is -1.89.